The Morgan fingerprint density at radius 2 is 1.67 bits per heavy atom. The highest BCUT2D eigenvalue weighted by Crippen LogP contribution is 2.21. The molecule has 120 valence electrons. The molecule has 1 unspecified atom stereocenters. The molecule has 1 rings (SSSR count). The molecule has 0 aliphatic carbocycles. The molecule has 3 nitrogen and oxygen atoms in total. The molecule has 0 fully saturated rings. The van der Waals surface area contributed by atoms with E-state index in [0.29, 0.717) is 13.0 Å². The second kappa shape index (κ2) is 10.8. The van der Waals surface area contributed by atoms with Crippen molar-refractivity contribution in [2.24, 2.45) is 5.73 Å². The van der Waals surface area contributed by atoms with Crippen LogP contribution in [0.1, 0.15) is 57.4 Å². The fraction of sp³-hybridized carbons (Fsp3) is 0.667. The molecule has 0 saturated carbocycles. The van der Waals surface area contributed by atoms with Crippen LogP contribution in [0.5, 0.6) is 0 Å². The molecule has 0 aliphatic rings. The van der Waals surface area contributed by atoms with Gasteiger partial charge >= 0.3 is 0 Å². The fourth-order valence-corrected chi connectivity index (χ4v) is 2.43. The number of rotatable bonds is 12. The molecule has 1 atom stereocenters. The molecule has 0 radical (unpaired) electrons. The van der Waals surface area contributed by atoms with Crippen molar-refractivity contribution in [1.29, 1.82) is 0 Å². The van der Waals surface area contributed by atoms with Gasteiger partial charge in [-0.25, -0.2) is 0 Å². The van der Waals surface area contributed by atoms with Crippen molar-refractivity contribution < 1.29 is 9.84 Å². The summed E-state index contributed by atoms with van der Waals surface area (Å²) in [6.45, 7) is 3.57. The number of benzene rings is 1. The van der Waals surface area contributed by atoms with Crippen molar-refractivity contribution in [2.45, 2.75) is 57.4 Å². The average Bonchev–Trinajstić information content (AvgIpc) is 2.54. The van der Waals surface area contributed by atoms with Crippen LogP contribution in [0.4, 0.5) is 0 Å². The third-order valence-corrected chi connectivity index (χ3v) is 3.97. The van der Waals surface area contributed by atoms with E-state index >= 15 is 0 Å². The van der Waals surface area contributed by atoms with Crippen LogP contribution in [0, 0.1) is 0 Å². The summed E-state index contributed by atoms with van der Waals surface area (Å²) >= 11 is 0. The molecule has 21 heavy (non-hydrogen) atoms. The third-order valence-electron chi connectivity index (χ3n) is 3.97. The van der Waals surface area contributed by atoms with Crippen LogP contribution >= 0.6 is 0 Å². The van der Waals surface area contributed by atoms with Crippen molar-refractivity contribution in [3.63, 3.8) is 0 Å². The molecule has 0 aromatic heterocycles. The lowest BCUT2D eigenvalue weighted by Crippen LogP contribution is -2.41. The highest BCUT2D eigenvalue weighted by molar-refractivity contribution is 5.23. The lowest BCUT2D eigenvalue weighted by atomic mass is 9.89. The summed E-state index contributed by atoms with van der Waals surface area (Å²) in [6, 6.07) is 9.78. The van der Waals surface area contributed by atoms with E-state index in [1.165, 1.54) is 32.1 Å². The Morgan fingerprint density at radius 1 is 1.00 bits per heavy atom. The van der Waals surface area contributed by atoms with E-state index in [1.54, 1.807) is 0 Å². The highest BCUT2D eigenvalue weighted by atomic mass is 16.5. The summed E-state index contributed by atoms with van der Waals surface area (Å²) in [6.07, 6.45) is 8.26. The van der Waals surface area contributed by atoms with Gasteiger partial charge in [0, 0.05) is 13.2 Å². The van der Waals surface area contributed by atoms with Gasteiger partial charge in [0.2, 0.25) is 0 Å². The van der Waals surface area contributed by atoms with Crippen LogP contribution in [0.2, 0.25) is 0 Å². The molecule has 0 saturated heterocycles. The van der Waals surface area contributed by atoms with Crippen LogP contribution in [0.15, 0.2) is 30.3 Å². The van der Waals surface area contributed by atoms with Crippen LogP contribution in [-0.4, -0.2) is 24.9 Å². The average molecular weight is 293 g/mol. The molecule has 3 N–H and O–H groups in total. The largest absolute Gasteiger partial charge is 0.394 e. The van der Waals surface area contributed by atoms with Crippen LogP contribution in [0.25, 0.3) is 0 Å². The molecule has 0 aliphatic heterocycles. The molecule has 0 heterocycles. The van der Waals surface area contributed by atoms with E-state index in [2.05, 4.69) is 6.92 Å². The summed E-state index contributed by atoms with van der Waals surface area (Å²) in [4.78, 5) is 0. The molecular weight excluding hydrogens is 262 g/mol. The van der Waals surface area contributed by atoms with Crippen molar-refractivity contribution in [3.8, 4) is 0 Å². The van der Waals surface area contributed by atoms with Crippen molar-refractivity contribution in [2.75, 3.05) is 19.8 Å². The van der Waals surface area contributed by atoms with Crippen molar-refractivity contribution in [1.82, 2.24) is 0 Å². The van der Waals surface area contributed by atoms with Crippen LogP contribution in [-0.2, 0) is 10.3 Å². The van der Waals surface area contributed by atoms with Gasteiger partial charge in [0.15, 0.2) is 0 Å². The topological polar surface area (TPSA) is 55.5 Å². The highest BCUT2D eigenvalue weighted by Gasteiger charge is 2.25. The zero-order chi connectivity index (χ0) is 15.4. The monoisotopic (exact) mass is 293 g/mol. The van der Waals surface area contributed by atoms with Crippen molar-refractivity contribution >= 4 is 0 Å². The van der Waals surface area contributed by atoms with E-state index in [-0.39, 0.29) is 6.61 Å². The number of nitrogens with two attached hydrogens (primary N) is 1. The molecule has 3 heteroatoms. The smallest absolute Gasteiger partial charge is 0.0666 e. The molecule has 1 aromatic rings. The maximum absolute atomic E-state index is 9.58. The minimum Gasteiger partial charge on any atom is -0.394 e. The van der Waals surface area contributed by atoms with E-state index in [9.17, 15) is 5.11 Å². The molecular formula is C18H31NO2. The van der Waals surface area contributed by atoms with Crippen LogP contribution in [0.3, 0.4) is 0 Å². The van der Waals surface area contributed by atoms with Gasteiger partial charge in [-0.3, -0.25) is 0 Å². The van der Waals surface area contributed by atoms with Gasteiger partial charge in [0.05, 0.1) is 12.1 Å². The van der Waals surface area contributed by atoms with Crippen LogP contribution < -0.4 is 5.73 Å². The fourth-order valence-electron chi connectivity index (χ4n) is 2.43. The summed E-state index contributed by atoms with van der Waals surface area (Å²) in [5, 5.41) is 9.58. The van der Waals surface area contributed by atoms with Gasteiger partial charge in [0.1, 0.15) is 0 Å². The van der Waals surface area contributed by atoms with Gasteiger partial charge in [-0.15, -0.1) is 0 Å². The quantitative estimate of drug-likeness (QED) is 0.579. The zero-order valence-electron chi connectivity index (χ0n) is 13.4. The Morgan fingerprint density at radius 3 is 2.33 bits per heavy atom. The first kappa shape index (κ1) is 18.1. The number of hydrogen-bond donors (Lipinski definition) is 2. The zero-order valence-corrected chi connectivity index (χ0v) is 13.4. The number of aliphatic hydroxyl groups is 1. The van der Waals surface area contributed by atoms with E-state index < -0.39 is 5.54 Å². The van der Waals surface area contributed by atoms with Crippen molar-refractivity contribution in [3.05, 3.63) is 35.9 Å². The second-order valence-electron chi connectivity index (χ2n) is 5.81. The Labute approximate surface area is 129 Å². The number of aliphatic hydroxyl groups excluding tert-OH is 1. The minimum atomic E-state index is -0.692. The normalized spacial score (nSPS) is 14.0. The summed E-state index contributed by atoms with van der Waals surface area (Å²) in [5.74, 6) is 0. The predicted molar refractivity (Wildman–Crippen MR) is 88.2 cm³/mol. The Balaban J connectivity index is 2.15. The number of hydrogen-bond acceptors (Lipinski definition) is 3. The summed E-state index contributed by atoms with van der Waals surface area (Å²) < 4.78 is 5.67. The van der Waals surface area contributed by atoms with Gasteiger partial charge < -0.3 is 15.6 Å². The summed E-state index contributed by atoms with van der Waals surface area (Å²) in [7, 11) is 0. The maximum Gasteiger partial charge on any atom is 0.0666 e. The Bertz CT molecular complexity index is 355. The van der Waals surface area contributed by atoms with Gasteiger partial charge in [-0.05, 0) is 18.4 Å². The van der Waals surface area contributed by atoms with E-state index in [4.69, 9.17) is 10.5 Å². The van der Waals surface area contributed by atoms with Gasteiger partial charge in [-0.2, -0.15) is 0 Å². The van der Waals surface area contributed by atoms with E-state index in [1.807, 2.05) is 30.3 Å². The standard InChI is InChI=1S/C18H31NO2/c1-2-3-4-5-6-10-14-21-15-13-18(19,16-20)17-11-8-7-9-12-17/h7-9,11-12,20H,2-6,10,13-16,19H2,1H3. The molecule has 1 aromatic carbocycles. The lowest BCUT2D eigenvalue weighted by molar-refractivity contribution is 0.0917. The first-order chi connectivity index (χ1) is 10.2. The first-order valence-corrected chi connectivity index (χ1v) is 8.26. The molecule has 0 bridgehead atoms. The predicted octanol–water partition coefficient (Wildman–Crippen LogP) is 3.60. The Kier molecular flexibility index (Phi) is 9.31. The number of ether oxygens (including phenoxy) is 1. The maximum atomic E-state index is 9.58. The number of unbranched alkanes of at least 4 members (excludes halogenated alkanes) is 5. The molecule has 0 amide bonds. The Hall–Kier alpha value is -0.900. The van der Waals surface area contributed by atoms with E-state index in [0.717, 1.165) is 18.6 Å². The minimum absolute atomic E-state index is 0.0581. The third kappa shape index (κ3) is 7.07. The first-order valence-electron chi connectivity index (χ1n) is 8.26. The second-order valence-corrected chi connectivity index (χ2v) is 5.81. The summed E-state index contributed by atoms with van der Waals surface area (Å²) in [5.41, 5.74) is 6.56. The van der Waals surface area contributed by atoms with Gasteiger partial charge in [-0.1, -0.05) is 69.4 Å². The lowest BCUT2D eigenvalue weighted by Gasteiger charge is -2.27. The van der Waals surface area contributed by atoms with Gasteiger partial charge in [0.25, 0.3) is 0 Å². The SMILES string of the molecule is CCCCCCCCOCCC(N)(CO)c1ccccc1. The molecule has 0 spiro atoms.